The van der Waals surface area contributed by atoms with Gasteiger partial charge in [-0.05, 0) is 49.1 Å². The highest BCUT2D eigenvalue weighted by Crippen LogP contribution is 2.47. The van der Waals surface area contributed by atoms with Crippen LogP contribution in [0.2, 0.25) is 10.0 Å². The molecule has 2 aromatic rings. The Morgan fingerprint density at radius 2 is 2.05 bits per heavy atom. The largest absolute Gasteiger partial charge is 0.464 e. The predicted molar refractivity (Wildman–Crippen MR) is 86.9 cm³/mol. The van der Waals surface area contributed by atoms with Gasteiger partial charge in [-0.15, -0.1) is 0 Å². The van der Waals surface area contributed by atoms with E-state index in [1.165, 1.54) is 6.42 Å². The van der Waals surface area contributed by atoms with Crippen molar-refractivity contribution in [1.29, 1.82) is 0 Å². The molecule has 4 heteroatoms. The molecule has 2 nitrogen and oxygen atoms in total. The highest BCUT2D eigenvalue weighted by Gasteiger charge is 2.36. The van der Waals surface area contributed by atoms with Gasteiger partial charge >= 0.3 is 0 Å². The highest BCUT2D eigenvalue weighted by molar-refractivity contribution is 6.35. The van der Waals surface area contributed by atoms with Crippen LogP contribution in [0.15, 0.2) is 34.7 Å². The molecular weight excluding hydrogens is 305 g/mol. The van der Waals surface area contributed by atoms with Crippen LogP contribution in [0.4, 0.5) is 0 Å². The van der Waals surface area contributed by atoms with Gasteiger partial charge in [0.25, 0.3) is 0 Å². The van der Waals surface area contributed by atoms with Crippen molar-refractivity contribution in [3.05, 3.63) is 57.5 Å². The molecule has 0 radical (unpaired) electrons. The molecular formula is C17H19Cl2NO. The smallest absolute Gasteiger partial charge is 0.117 e. The Balaban J connectivity index is 1.60. The lowest BCUT2D eigenvalue weighted by atomic mass is 10.1. The average molecular weight is 324 g/mol. The SMILES string of the molecule is CC(NCc1ccc(C2CC2C)o1)c1ccc(Cl)cc1Cl. The van der Waals surface area contributed by atoms with Crippen molar-refractivity contribution in [2.45, 2.75) is 38.8 Å². The van der Waals surface area contributed by atoms with E-state index in [2.05, 4.69) is 31.3 Å². The van der Waals surface area contributed by atoms with Gasteiger partial charge in [0, 0.05) is 22.0 Å². The molecule has 0 spiro atoms. The Morgan fingerprint density at radius 1 is 1.29 bits per heavy atom. The number of halogens is 2. The average Bonchev–Trinajstić information content (AvgIpc) is 2.99. The minimum atomic E-state index is 0.142. The second-order valence-corrected chi connectivity index (χ2v) is 6.74. The number of hydrogen-bond acceptors (Lipinski definition) is 2. The van der Waals surface area contributed by atoms with Crippen LogP contribution in [0.3, 0.4) is 0 Å². The number of nitrogens with one attached hydrogen (secondary N) is 1. The summed E-state index contributed by atoms with van der Waals surface area (Å²) in [5, 5.41) is 4.78. The van der Waals surface area contributed by atoms with Gasteiger partial charge < -0.3 is 9.73 Å². The molecule has 1 aromatic heterocycles. The summed E-state index contributed by atoms with van der Waals surface area (Å²) < 4.78 is 5.90. The molecule has 1 saturated carbocycles. The normalized spacial score (nSPS) is 22.3. The van der Waals surface area contributed by atoms with E-state index < -0.39 is 0 Å². The topological polar surface area (TPSA) is 25.2 Å². The van der Waals surface area contributed by atoms with Gasteiger partial charge in [-0.25, -0.2) is 0 Å². The highest BCUT2D eigenvalue weighted by atomic mass is 35.5. The lowest BCUT2D eigenvalue weighted by Crippen LogP contribution is -2.18. The van der Waals surface area contributed by atoms with Crippen molar-refractivity contribution < 1.29 is 4.42 Å². The molecule has 3 atom stereocenters. The first kappa shape index (κ1) is 15.0. The Bertz CT molecular complexity index is 637. The van der Waals surface area contributed by atoms with E-state index in [0.29, 0.717) is 22.5 Å². The quantitative estimate of drug-likeness (QED) is 0.779. The Hall–Kier alpha value is -0.960. The summed E-state index contributed by atoms with van der Waals surface area (Å²) in [6.45, 7) is 5.04. The third kappa shape index (κ3) is 3.45. The molecule has 112 valence electrons. The second kappa shape index (κ2) is 6.04. The third-order valence-corrected chi connectivity index (χ3v) is 4.73. The molecule has 0 aliphatic heterocycles. The van der Waals surface area contributed by atoms with Crippen molar-refractivity contribution in [2.24, 2.45) is 5.92 Å². The second-order valence-electron chi connectivity index (χ2n) is 5.89. The molecule has 1 heterocycles. The summed E-state index contributed by atoms with van der Waals surface area (Å²) >= 11 is 12.2. The van der Waals surface area contributed by atoms with E-state index >= 15 is 0 Å². The summed E-state index contributed by atoms with van der Waals surface area (Å²) in [5.41, 5.74) is 1.05. The Kier molecular flexibility index (Phi) is 4.30. The molecule has 3 unspecified atom stereocenters. The fourth-order valence-corrected chi connectivity index (χ4v) is 3.20. The summed E-state index contributed by atoms with van der Waals surface area (Å²) in [4.78, 5) is 0. The number of rotatable bonds is 5. The predicted octanol–water partition coefficient (Wildman–Crippen LogP) is 5.56. The van der Waals surface area contributed by atoms with Gasteiger partial charge in [0.05, 0.1) is 6.54 Å². The van der Waals surface area contributed by atoms with Gasteiger partial charge in [-0.3, -0.25) is 0 Å². The molecule has 1 fully saturated rings. The van der Waals surface area contributed by atoms with Crippen LogP contribution in [-0.4, -0.2) is 0 Å². The first-order valence-electron chi connectivity index (χ1n) is 7.31. The fourth-order valence-electron chi connectivity index (χ4n) is 2.62. The van der Waals surface area contributed by atoms with Gasteiger partial charge in [0.2, 0.25) is 0 Å². The molecule has 3 rings (SSSR count). The number of benzene rings is 1. The minimum Gasteiger partial charge on any atom is -0.464 e. The molecule has 1 aliphatic rings. The van der Waals surface area contributed by atoms with E-state index in [-0.39, 0.29) is 6.04 Å². The molecule has 1 aromatic carbocycles. The summed E-state index contributed by atoms with van der Waals surface area (Å²) in [7, 11) is 0. The number of hydrogen-bond donors (Lipinski definition) is 1. The van der Waals surface area contributed by atoms with Gasteiger partial charge in [-0.1, -0.05) is 36.2 Å². The number of furan rings is 1. The van der Waals surface area contributed by atoms with E-state index in [1.54, 1.807) is 6.07 Å². The molecule has 1 aliphatic carbocycles. The van der Waals surface area contributed by atoms with Crippen LogP contribution in [0.25, 0.3) is 0 Å². The summed E-state index contributed by atoms with van der Waals surface area (Å²) in [5.74, 6) is 3.49. The van der Waals surface area contributed by atoms with Crippen LogP contribution >= 0.6 is 23.2 Å². The minimum absolute atomic E-state index is 0.142. The molecule has 21 heavy (non-hydrogen) atoms. The Morgan fingerprint density at radius 3 is 2.71 bits per heavy atom. The van der Waals surface area contributed by atoms with Gasteiger partial charge in [0.1, 0.15) is 11.5 Å². The van der Waals surface area contributed by atoms with Crippen LogP contribution in [0, 0.1) is 5.92 Å². The zero-order valence-corrected chi connectivity index (χ0v) is 13.7. The zero-order chi connectivity index (χ0) is 15.0. The van der Waals surface area contributed by atoms with Crippen LogP contribution < -0.4 is 5.32 Å². The maximum atomic E-state index is 6.23. The fraction of sp³-hybridized carbons (Fsp3) is 0.412. The van der Waals surface area contributed by atoms with Crippen LogP contribution in [0.5, 0.6) is 0 Å². The molecule has 0 amide bonds. The van der Waals surface area contributed by atoms with Crippen molar-refractivity contribution in [1.82, 2.24) is 5.32 Å². The molecule has 0 bridgehead atoms. The zero-order valence-electron chi connectivity index (χ0n) is 12.2. The summed E-state index contributed by atoms with van der Waals surface area (Å²) in [6, 6.07) is 9.90. The maximum Gasteiger partial charge on any atom is 0.117 e. The van der Waals surface area contributed by atoms with Gasteiger partial charge in [-0.2, -0.15) is 0 Å². The monoisotopic (exact) mass is 323 g/mol. The van der Waals surface area contributed by atoms with E-state index in [9.17, 15) is 0 Å². The first-order chi connectivity index (χ1) is 10.0. The molecule has 1 N–H and O–H groups in total. The Labute approximate surface area is 135 Å². The maximum absolute atomic E-state index is 6.23. The molecule has 0 saturated heterocycles. The van der Waals surface area contributed by atoms with Crippen molar-refractivity contribution in [3.8, 4) is 0 Å². The van der Waals surface area contributed by atoms with Crippen LogP contribution in [0.1, 0.15) is 49.3 Å². The van der Waals surface area contributed by atoms with Crippen molar-refractivity contribution >= 4 is 23.2 Å². The van der Waals surface area contributed by atoms with Gasteiger partial charge in [0.15, 0.2) is 0 Å². The van der Waals surface area contributed by atoms with Crippen LogP contribution in [-0.2, 0) is 6.54 Å². The lowest BCUT2D eigenvalue weighted by Gasteiger charge is -2.15. The van der Waals surface area contributed by atoms with E-state index in [1.807, 2.05) is 12.1 Å². The van der Waals surface area contributed by atoms with E-state index in [4.69, 9.17) is 27.6 Å². The van der Waals surface area contributed by atoms with Crippen molar-refractivity contribution in [3.63, 3.8) is 0 Å². The third-order valence-electron chi connectivity index (χ3n) is 4.17. The van der Waals surface area contributed by atoms with E-state index in [0.717, 1.165) is 23.0 Å². The lowest BCUT2D eigenvalue weighted by molar-refractivity contribution is 0.430. The summed E-state index contributed by atoms with van der Waals surface area (Å²) in [6.07, 6.45) is 1.25. The first-order valence-corrected chi connectivity index (χ1v) is 8.07. The standard InChI is InChI=1S/C17H19Cl2NO/c1-10-7-15(10)17-6-4-13(21-17)9-20-11(2)14-5-3-12(18)8-16(14)19/h3-6,8,10-11,15,20H,7,9H2,1-2H3. The van der Waals surface area contributed by atoms with Crippen molar-refractivity contribution in [2.75, 3.05) is 0 Å².